The molecule has 2 aliphatic rings. The minimum Gasteiger partial charge on any atom is -0.352 e. The number of hydrogen-bond donors (Lipinski definition) is 2. The Morgan fingerprint density at radius 2 is 2.17 bits per heavy atom. The van der Waals surface area contributed by atoms with Crippen molar-refractivity contribution in [2.24, 2.45) is 5.92 Å². The number of carbonyl (C=O) groups is 2. The van der Waals surface area contributed by atoms with Crippen molar-refractivity contribution in [2.45, 2.75) is 26.3 Å². The third-order valence-corrected chi connectivity index (χ3v) is 5.87. The Bertz CT molecular complexity index is 629. The molecule has 130 valence electrons. The van der Waals surface area contributed by atoms with E-state index >= 15 is 0 Å². The lowest BCUT2D eigenvalue weighted by Crippen LogP contribution is -2.42. The van der Waals surface area contributed by atoms with Gasteiger partial charge in [-0.2, -0.15) is 0 Å². The second kappa shape index (κ2) is 7.57. The summed E-state index contributed by atoms with van der Waals surface area (Å²) < 4.78 is 0. The maximum atomic E-state index is 12.4. The predicted molar refractivity (Wildman–Crippen MR) is 97.2 cm³/mol. The molecule has 2 saturated heterocycles. The van der Waals surface area contributed by atoms with Gasteiger partial charge in [-0.1, -0.05) is 6.07 Å². The van der Waals surface area contributed by atoms with Gasteiger partial charge >= 0.3 is 0 Å². The third kappa shape index (κ3) is 3.92. The van der Waals surface area contributed by atoms with Crippen LogP contribution >= 0.6 is 11.8 Å². The quantitative estimate of drug-likeness (QED) is 0.867. The van der Waals surface area contributed by atoms with Crippen LogP contribution in [0.25, 0.3) is 0 Å². The molecule has 6 heteroatoms. The molecule has 0 aliphatic carbocycles. The van der Waals surface area contributed by atoms with E-state index in [-0.39, 0.29) is 17.9 Å². The summed E-state index contributed by atoms with van der Waals surface area (Å²) in [6.07, 6.45) is 0.799. The number of aryl methyl sites for hydroxylation is 2. The number of nitrogens with one attached hydrogen (secondary N) is 2. The van der Waals surface area contributed by atoms with Gasteiger partial charge in [0.05, 0.1) is 11.9 Å². The number of nitrogens with zero attached hydrogens (tertiary/aromatic N) is 1. The monoisotopic (exact) mass is 347 g/mol. The molecule has 0 radical (unpaired) electrons. The Hall–Kier alpha value is -1.53. The van der Waals surface area contributed by atoms with Gasteiger partial charge in [-0.05, 0) is 49.4 Å². The van der Waals surface area contributed by atoms with Crippen LogP contribution in [0.3, 0.4) is 0 Å². The fourth-order valence-electron chi connectivity index (χ4n) is 3.18. The number of rotatable bonds is 4. The Morgan fingerprint density at radius 3 is 2.88 bits per heavy atom. The minimum atomic E-state index is -0.0905. The van der Waals surface area contributed by atoms with Crippen LogP contribution in [-0.4, -0.2) is 54.0 Å². The second-order valence-electron chi connectivity index (χ2n) is 6.71. The molecule has 0 unspecified atom stereocenters. The van der Waals surface area contributed by atoms with E-state index in [1.54, 1.807) is 11.8 Å². The average Bonchev–Trinajstić information content (AvgIpc) is 3.26. The zero-order valence-corrected chi connectivity index (χ0v) is 15.1. The van der Waals surface area contributed by atoms with Crippen molar-refractivity contribution >= 4 is 23.6 Å². The molecule has 2 atom stereocenters. The molecule has 2 N–H and O–H groups in total. The van der Waals surface area contributed by atoms with Crippen molar-refractivity contribution in [3.05, 3.63) is 34.9 Å². The van der Waals surface area contributed by atoms with Gasteiger partial charge in [0, 0.05) is 31.0 Å². The van der Waals surface area contributed by atoms with Crippen molar-refractivity contribution in [2.75, 3.05) is 31.3 Å². The first-order valence-electron chi connectivity index (χ1n) is 8.50. The first-order valence-corrected chi connectivity index (χ1v) is 9.65. The van der Waals surface area contributed by atoms with Gasteiger partial charge in [0.15, 0.2) is 0 Å². The van der Waals surface area contributed by atoms with Crippen molar-refractivity contribution in [1.82, 2.24) is 15.5 Å². The summed E-state index contributed by atoms with van der Waals surface area (Å²) in [5, 5.41) is 6.32. The predicted octanol–water partition coefficient (Wildman–Crippen LogP) is 1.54. The topological polar surface area (TPSA) is 61.4 Å². The fourth-order valence-corrected chi connectivity index (χ4v) is 4.14. The van der Waals surface area contributed by atoms with Crippen LogP contribution < -0.4 is 10.6 Å². The molecule has 3 rings (SSSR count). The molecule has 5 nitrogen and oxygen atoms in total. The van der Waals surface area contributed by atoms with E-state index in [1.807, 2.05) is 36.9 Å². The molecule has 1 aromatic rings. The van der Waals surface area contributed by atoms with Crippen molar-refractivity contribution in [1.29, 1.82) is 0 Å². The standard InChI is InChI=1S/C18H25N3O2S/c1-12-3-4-15(7-13(12)2)17(22)20-10-14-8-16(19-9-14)18(23)21-5-6-24-11-21/h3-4,7,14,16,19H,5-6,8-11H2,1-2H3,(H,20,22)/t14-,16-/m0/s1. The van der Waals surface area contributed by atoms with Gasteiger partial charge in [-0.15, -0.1) is 11.8 Å². The lowest BCUT2D eigenvalue weighted by molar-refractivity contribution is -0.131. The van der Waals surface area contributed by atoms with Crippen LogP contribution in [0.1, 0.15) is 27.9 Å². The van der Waals surface area contributed by atoms with Crippen LogP contribution in [0, 0.1) is 19.8 Å². The second-order valence-corrected chi connectivity index (χ2v) is 7.79. The summed E-state index contributed by atoms with van der Waals surface area (Å²) in [6.45, 7) is 6.30. The molecular weight excluding hydrogens is 322 g/mol. The highest BCUT2D eigenvalue weighted by Crippen LogP contribution is 2.20. The lowest BCUT2D eigenvalue weighted by atomic mass is 10.0. The van der Waals surface area contributed by atoms with E-state index in [9.17, 15) is 9.59 Å². The molecule has 2 aliphatic heterocycles. The number of benzene rings is 1. The highest BCUT2D eigenvalue weighted by atomic mass is 32.2. The highest BCUT2D eigenvalue weighted by molar-refractivity contribution is 7.99. The molecule has 1 aromatic carbocycles. The highest BCUT2D eigenvalue weighted by Gasteiger charge is 2.33. The largest absolute Gasteiger partial charge is 0.352 e. The van der Waals surface area contributed by atoms with Crippen LogP contribution in [0.4, 0.5) is 0 Å². The Balaban J connectivity index is 1.48. The van der Waals surface area contributed by atoms with E-state index in [1.165, 1.54) is 5.56 Å². The molecule has 2 amide bonds. The van der Waals surface area contributed by atoms with Gasteiger partial charge in [-0.3, -0.25) is 9.59 Å². The van der Waals surface area contributed by atoms with Crippen molar-refractivity contribution in [3.8, 4) is 0 Å². The number of carbonyl (C=O) groups excluding carboxylic acids is 2. The number of amides is 2. The summed E-state index contributed by atoms with van der Waals surface area (Å²) in [5.74, 6) is 2.33. The summed E-state index contributed by atoms with van der Waals surface area (Å²) in [4.78, 5) is 26.6. The summed E-state index contributed by atoms with van der Waals surface area (Å²) in [5.41, 5.74) is 3.01. The number of thioether (sulfide) groups is 1. The molecule has 0 aromatic heterocycles. The Morgan fingerprint density at radius 1 is 1.33 bits per heavy atom. The van der Waals surface area contributed by atoms with Gasteiger partial charge in [0.1, 0.15) is 0 Å². The van der Waals surface area contributed by atoms with Crippen LogP contribution in [0.2, 0.25) is 0 Å². The smallest absolute Gasteiger partial charge is 0.251 e. The maximum Gasteiger partial charge on any atom is 0.251 e. The van der Waals surface area contributed by atoms with E-state index in [4.69, 9.17) is 0 Å². The Labute approximate surface area is 147 Å². The maximum absolute atomic E-state index is 12.4. The zero-order chi connectivity index (χ0) is 17.1. The minimum absolute atomic E-state index is 0.0381. The fraction of sp³-hybridized carbons (Fsp3) is 0.556. The van der Waals surface area contributed by atoms with Gasteiger partial charge in [0.2, 0.25) is 5.91 Å². The zero-order valence-electron chi connectivity index (χ0n) is 14.3. The molecule has 0 bridgehead atoms. The summed E-state index contributed by atoms with van der Waals surface area (Å²) in [6, 6.07) is 5.67. The Kier molecular flexibility index (Phi) is 5.46. The van der Waals surface area contributed by atoms with Gasteiger partial charge in [-0.25, -0.2) is 0 Å². The molecule has 24 heavy (non-hydrogen) atoms. The van der Waals surface area contributed by atoms with Crippen LogP contribution in [0.5, 0.6) is 0 Å². The molecule has 0 spiro atoms. The third-order valence-electron chi connectivity index (χ3n) is 4.90. The van der Waals surface area contributed by atoms with Crippen LogP contribution in [-0.2, 0) is 4.79 Å². The van der Waals surface area contributed by atoms with E-state index in [2.05, 4.69) is 10.6 Å². The lowest BCUT2D eigenvalue weighted by Gasteiger charge is -2.19. The molecular formula is C18H25N3O2S. The van der Waals surface area contributed by atoms with Gasteiger partial charge in [0.25, 0.3) is 5.91 Å². The summed E-state index contributed by atoms with van der Waals surface area (Å²) >= 11 is 1.80. The molecule has 2 fully saturated rings. The van der Waals surface area contributed by atoms with Crippen LogP contribution in [0.15, 0.2) is 18.2 Å². The van der Waals surface area contributed by atoms with Gasteiger partial charge < -0.3 is 15.5 Å². The van der Waals surface area contributed by atoms with E-state index in [0.717, 1.165) is 36.7 Å². The van der Waals surface area contributed by atoms with Crippen molar-refractivity contribution < 1.29 is 9.59 Å². The first-order chi connectivity index (χ1) is 11.5. The average molecular weight is 347 g/mol. The van der Waals surface area contributed by atoms with Crippen molar-refractivity contribution in [3.63, 3.8) is 0 Å². The molecule has 2 heterocycles. The first kappa shape index (κ1) is 17.3. The summed E-state index contributed by atoms with van der Waals surface area (Å²) in [7, 11) is 0. The van der Waals surface area contributed by atoms with E-state index < -0.39 is 0 Å². The molecule has 0 saturated carbocycles. The normalized spacial score (nSPS) is 23.5. The number of hydrogen-bond acceptors (Lipinski definition) is 4. The SMILES string of the molecule is Cc1ccc(C(=O)NC[C@@H]2CN[C@H](C(=O)N3CCSC3)C2)cc1C. The van der Waals surface area contributed by atoms with E-state index in [0.29, 0.717) is 18.0 Å².